The number of hydrogen-bond acceptors (Lipinski definition) is 4. The van der Waals surface area contributed by atoms with Gasteiger partial charge in [-0.1, -0.05) is 48.0 Å². The van der Waals surface area contributed by atoms with Gasteiger partial charge in [-0.3, -0.25) is 14.2 Å². The first-order valence-electron chi connectivity index (χ1n) is 10.4. The Kier molecular flexibility index (Phi) is 5.73. The van der Waals surface area contributed by atoms with Crippen molar-refractivity contribution in [2.45, 2.75) is 34.2 Å². The van der Waals surface area contributed by atoms with Crippen LogP contribution in [0.15, 0.2) is 65.5 Å². The van der Waals surface area contributed by atoms with Crippen molar-refractivity contribution in [2.24, 2.45) is 0 Å². The Morgan fingerprint density at radius 1 is 0.969 bits per heavy atom. The molecule has 1 amide bonds. The first-order chi connectivity index (χ1) is 15.3. The minimum absolute atomic E-state index is 0.179. The number of nitrogens with one attached hydrogen (secondary N) is 1. The standard InChI is InChI=1S/C25H25N5O2/c1-16-10-11-21(17(2)12-16)26-23(31)15-29-24(32)14-22(20-8-6-5-7-9-20)27-25(29)30-19(4)13-18(3)28-30/h5-14H,15H2,1-4H3,(H,26,31). The highest BCUT2D eigenvalue weighted by molar-refractivity contribution is 5.91. The summed E-state index contributed by atoms with van der Waals surface area (Å²) in [4.78, 5) is 30.7. The van der Waals surface area contributed by atoms with Gasteiger partial charge in [-0.25, -0.2) is 9.67 Å². The normalized spacial score (nSPS) is 10.9. The summed E-state index contributed by atoms with van der Waals surface area (Å²) in [6.45, 7) is 7.52. The molecule has 0 aliphatic heterocycles. The van der Waals surface area contributed by atoms with E-state index in [-0.39, 0.29) is 18.0 Å². The van der Waals surface area contributed by atoms with Gasteiger partial charge in [0, 0.05) is 23.0 Å². The van der Waals surface area contributed by atoms with Crippen molar-refractivity contribution >= 4 is 11.6 Å². The van der Waals surface area contributed by atoms with Crippen LogP contribution in [0.2, 0.25) is 0 Å². The Balaban J connectivity index is 1.76. The van der Waals surface area contributed by atoms with Crippen LogP contribution in [0.4, 0.5) is 5.69 Å². The molecule has 2 heterocycles. The van der Waals surface area contributed by atoms with E-state index in [0.717, 1.165) is 33.8 Å². The molecular formula is C25H25N5O2. The fourth-order valence-corrected chi connectivity index (χ4v) is 3.68. The average Bonchev–Trinajstić information content (AvgIpc) is 3.10. The van der Waals surface area contributed by atoms with Gasteiger partial charge in [-0.05, 0) is 45.4 Å². The summed E-state index contributed by atoms with van der Waals surface area (Å²) in [5, 5.41) is 7.40. The third-order valence-corrected chi connectivity index (χ3v) is 5.21. The maximum absolute atomic E-state index is 13.1. The van der Waals surface area contributed by atoms with Gasteiger partial charge in [0.15, 0.2) is 0 Å². The summed E-state index contributed by atoms with van der Waals surface area (Å²) in [5.74, 6) is -0.00572. The molecule has 162 valence electrons. The molecule has 0 saturated carbocycles. The second-order valence-corrected chi connectivity index (χ2v) is 7.94. The highest BCUT2D eigenvalue weighted by Crippen LogP contribution is 2.19. The molecule has 0 aliphatic rings. The number of carbonyl (C=O) groups excluding carboxylic acids is 1. The monoisotopic (exact) mass is 427 g/mol. The smallest absolute Gasteiger partial charge is 0.256 e. The van der Waals surface area contributed by atoms with Crippen LogP contribution in [0.25, 0.3) is 17.2 Å². The van der Waals surface area contributed by atoms with Crippen LogP contribution in [0.3, 0.4) is 0 Å². The van der Waals surface area contributed by atoms with Crippen molar-refractivity contribution in [3.05, 3.63) is 93.5 Å². The Labute approximate surface area is 186 Å². The predicted octanol–water partition coefficient (Wildman–Crippen LogP) is 3.97. The largest absolute Gasteiger partial charge is 0.324 e. The Hall–Kier alpha value is -4.00. The minimum atomic E-state index is -0.322. The highest BCUT2D eigenvalue weighted by atomic mass is 16.2. The lowest BCUT2D eigenvalue weighted by Crippen LogP contribution is -2.32. The third-order valence-electron chi connectivity index (χ3n) is 5.21. The van der Waals surface area contributed by atoms with Crippen LogP contribution in [-0.2, 0) is 11.3 Å². The maximum atomic E-state index is 13.1. The van der Waals surface area contributed by atoms with E-state index in [1.54, 1.807) is 4.68 Å². The second-order valence-electron chi connectivity index (χ2n) is 7.94. The van der Waals surface area contributed by atoms with E-state index in [9.17, 15) is 9.59 Å². The van der Waals surface area contributed by atoms with Crippen molar-refractivity contribution in [2.75, 3.05) is 5.32 Å². The van der Waals surface area contributed by atoms with Crippen molar-refractivity contribution in [1.82, 2.24) is 19.3 Å². The number of aromatic nitrogens is 4. The molecule has 0 bridgehead atoms. The zero-order valence-electron chi connectivity index (χ0n) is 18.6. The summed E-state index contributed by atoms with van der Waals surface area (Å²) < 4.78 is 2.96. The van der Waals surface area contributed by atoms with E-state index in [0.29, 0.717) is 11.6 Å². The van der Waals surface area contributed by atoms with E-state index in [2.05, 4.69) is 10.4 Å². The minimum Gasteiger partial charge on any atom is -0.324 e. The lowest BCUT2D eigenvalue weighted by atomic mass is 10.1. The molecule has 7 nitrogen and oxygen atoms in total. The molecule has 2 aromatic carbocycles. The van der Waals surface area contributed by atoms with E-state index < -0.39 is 0 Å². The molecule has 0 aliphatic carbocycles. The Morgan fingerprint density at radius 3 is 2.38 bits per heavy atom. The summed E-state index contributed by atoms with van der Waals surface area (Å²) >= 11 is 0. The van der Waals surface area contributed by atoms with Crippen molar-refractivity contribution in [1.29, 1.82) is 0 Å². The van der Waals surface area contributed by atoms with Crippen LogP contribution in [0, 0.1) is 27.7 Å². The zero-order chi connectivity index (χ0) is 22.8. The van der Waals surface area contributed by atoms with Crippen molar-refractivity contribution in [3.8, 4) is 17.2 Å². The molecule has 0 saturated heterocycles. The number of rotatable bonds is 5. The molecule has 0 fully saturated rings. The highest BCUT2D eigenvalue weighted by Gasteiger charge is 2.17. The first-order valence-corrected chi connectivity index (χ1v) is 10.4. The zero-order valence-corrected chi connectivity index (χ0v) is 18.6. The summed E-state index contributed by atoms with van der Waals surface area (Å²) in [6, 6.07) is 18.6. The van der Waals surface area contributed by atoms with Gasteiger partial charge < -0.3 is 5.32 Å². The maximum Gasteiger partial charge on any atom is 0.256 e. The van der Waals surface area contributed by atoms with E-state index in [1.807, 2.05) is 82.3 Å². The summed E-state index contributed by atoms with van der Waals surface area (Å²) in [6.07, 6.45) is 0. The van der Waals surface area contributed by atoms with E-state index in [4.69, 9.17) is 4.98 Å². The summed E-state index contributed by atoms with van der Waals surface area (Å²) in [5.41, 5.74) is 5.44. The topological polar surface area (TPSA) is 81.8 Å². The van der Waals surface area contributed by atoms with Gasteiger partial charge in [0.25, 0.3) is 5.56 Å². The molecule has 4 aromatic rings. The van der Waals surface area contributed by atoms with Crippen molar-refractivity contribution in [3.63, 3.8) is 0 Å². The molecule has 0 unspecified atom stereocenters. The fourth-order valence-electron chi connectivity index (χ4n) is 3.68. The number of anilines is 1. The first kappa shape index (κ1) is 21.2. The number of aryl methyl sites for hydroxylation is 4. The van der Waals surface area contributed by atoms with Gasteiger partial charge in [0.1, 0.15) is 6.54 Å². The quantitative estimate of drug-likeness (QED) is 0.523. The lowest BCUT2D eigenvalue weighted by molar-refractivity contribution is -0.116. The molecule has 0 radical (unpaired) electrons. The lowest BCUT2D eigenvalue weighted by Gasteiger charge is -2.15. The average molecular weight is 428 g/mol. The molecule has 7 heteroatoms. The van der Waals surface area contributed by atoms with Gasteiger partial charge in [-0.2, -0.15) is 5.10 Å². The molecule has 4 rings (SSSR count). The Bertz CT molecular complexity index is 1350. The number of carbonyl (C=O) groups is 1. The van der Waals surface area contributed by atoms with E-state index >= 15 is 0 Å². The predicted molar refractivity (Wildman–Crippen MR) is 125 cm³/mol. The molecule has 2 aromatic heterocycles. The van der Waals surface area contributed by atoms with Crippen molar-refractivity contribution < 1.29 is 4.79 Å². The van der Waals surface area contributed by atoms with Gasteiger partial charge in [0.2, 0.25) is 11.9 Å². The van der Waals surface area contributed by atoms with Gasteiger partial charge >= 0.3 is 0 Å². The van der Waals surface area contributed by atoms with Gasteiger partial charge in [0.05, 0.1) is 11.4 Å². The number of amides is 1. The molecule has 32 heavy (non-hydrogen) atoms. The molecule has 0 spiro atoms. The van der Waals surface area contributed by atoms with E-state index in [1.165, 1.54) is 10.6 Å². The van der Waals surface area contributed by atoms with Gasteiger partial charge in [-0.15, -0.1) is 0 Å². The van der Waals surface area contributed by atoms with Crippen LogP contribution in [-0.4, -0.2) is 25.2 Å². The molecular weight excluding hydrogens is 402 g/mol. The van der Waals surface area contributed by atoms with Crippen LogP contribution in [0.1, 0.15) is 22.5 Å². The van der Waals surface area contributed by atoms with Crippen LogP contribution >= 0.6 is 0 Å². The van der Waals surface area contributed by atoms with Crippen LogP contribution in [0.5, 0.6) is 0 Å². The molecule has 0 atom stereocenters. The SMILES string of the molecule is Cc1ccc(NC(=O)Cn2c(-n3nc(C)cc3C)nc(-c3ccccc3)cc2=O)c(C)c1. The van der Waals surface area contributed by atoms with Crippen LogP contribution < -0.4 is 10.9 Å². The number of nitrogens with zero attached hydrogens (tertiary/aromatic N) is 4. The fraction of sp³-hybridized carbons (Fsp3) is 0.200. The second kappa shape index (κ2) is 8.63. The molecule has 1 N–H and O–H groups in total. The number of benzene rings is 2. The Morgan fingerprint density at radius 2 is 1.72 bits per heavy atom. The summed E-state index contributed by atoms with van der Waals surface area (Å²) in [7, 11) is 0. The number of hydrogen-bond donors (Lipinski definition) is 1. The third kappa shape index (κ3) is 4.37.